The number of esters is 1. The van der Waals surface area contributed by atoms with Gasteiger partial charge in [0, 0.05) is 12.5 Å². The number of nitrogens with one attached hydrogen (secondary N) is 1. The van der Waals surface area contributed by atoms with Crippen molar-refractivity contribution in [3.63, 3.8) is 0 Å². The highest BCUT2D eigenvalue weighted by molar-refractivity contribution is 5.81. The first-order chi connectivity index (χ1) is 10.1. The average Bonchev–Trinajstić information content (AvgIpc) is 2.47. The van der Waals surface area contributed by atoms with E-state index in [0.717, 1.165) is 19.3 Å². The van der Waals surface area contributed by atoms with Crippen LogP contribution in [0.4, 0.5) is 4.39 Å². The van der Waals surface area contributed by atoms with Gasteiger partial charge in [0.2, 0.25) is 0 Å². The molecule has 0 radical (unpaired) electrons. The lowest BCUT2D eigenvalue weighted by Crippen LogP contribution is -2.57. The predicted octanol–water partition coefficient (Wildman–Crippen LogP) is 2.67. The Hall–Kier alpha value is -1.62. The van der Waals surface area contributed by atoms with E-state index in [1.165, 1.54) is 19.2 Å². The average molecular weight is 295 g/mol. The molecule has 0 aromatic heterocycles. The number of ether oxygens (including phenoxy) is 2. The molecule has 0 bridgehead atoms. The van der Waals surface area contributed by atoms with E-state index >= 15 is 0 Å². The van der Waals surface area contributed by atoms with Gasteiger partial charge in [0.25, 0.3) is 0 Å². The highest BCUT2D eigenvalue weighted by Crippen LogP contribution is 2.32. The number of carbonyl (C=O) groups excluding carboxylic acids is 1. The molecule has 21 heavy (non-hydrogen) atoms. The van der Waals surface area contributed by atoms with Crippen LogP contribution in [0, 0.1) is 5.82 Å². The van der Waals surface area contributed by atoms with Crippen LogP contribution in [0.15, 0.2) is 24.3 Å². The molecule has 0 spiro atoms. The maximum absolute atomic E-state index is 13.2. The van der Waals surface area contributed by atoms with Gasteiger partial charge in [0.05, 0.1) is 7.11 Å². The number of methoxy groups -OCH3 is 1. The first-order valence-corrected chi connectivity index (χ1v) is 7.35. The molecule has 1 aliphatic carbocycles. The summed E-state index contributed by atoms with van der Waals surface area (Å²) in [5, 5.41) is 3.25. The third-order valence-electron chi connectivity index (χ3n) is 3.90. The maximum Gasteiger partial charge on any atom is 0.326 e. The van der Waals surface area contributed by atoms with Crippen LogP contribution < -0.4 is 10.1 Å². The summed E-state index contributed by atoms with van der Waals surface area (Å²) < 4.78 is 24.0. The Balaban J connectivity index is 2.09. The van der Waals surface area contributed by atoms with E-state index in [9.17, 15) is 9.18 Å². The van der Waals surface area contributed by atoms with Crippen LogP contribution in [0.2, 0.25) is 0 Å². The summed E-state index contributed by atoms with van der Waals surface area (Å²) >= 11 is 0. The molecule has 2 atom stereocenters. The van der Waals surface area contributed by atoms with Crippen LogP contribution in [0.5, 0.6) is 5.75 Å². The van der Waals surface area contributed by atoms with Gasteiger partial charge in [0.1, 0.15) is 23.2 Å². The van der Waals surface area contributed by atoms with Crippen molar-refractivity contribution in [3.8, 4) is 5.75 Å². The lowest BCUT2D eigenvalue weighted by molar-refractivity contribution is -0.151. The third kappa shape index (κ3) is 3.73. The van der Waals surface area contributed by atoms with Gasteiger partial charge >= 0.3 is 5.97 Å². The summed E-state index contributed by atoms with van der Waals surface area (Å²) in [6.07, 6.45) is 2.85. The van der Waals surface area contributed by atoms with Crippen LogP contribution in [0.25, 0.3) is 0 Å². The van der Waals surface area contributed by atoms with Gasteiger partial charge in [-0.05, 0) is 37.9 Å². The third-order valence-corrected chi connectivity index (χ3v) is 3.90. The van der Waals surface area contributed by atoms with Gasteiger partial charge in [0.15, 0.2) is 0 Å². The minimum atomic E-state index is -0.695. The summed E-state index contributed by atoms with van der Waals surface area (Å²) in [6.45, 7) is 2.64. The molecule has 2 unspecified atom stereocenters. The Morgan fingerprint density at radius 3 is 3.00 bits per heavy atom. The Kier molecular flexibility index (Phi) is 5.17. The lowest BCUT2D eigenvalue weighted by atomic mass is 9.80. The van der Waals surface area contributed by atoms with Crippen molar-refractivity contribution in [2.45, 2.75) is 44.2 Å². The Morgan fingerprint density at radius 1 is 1.52 bits per heavy atom. The van der Waals surface area contributed by atoms with E-state index in [1.54, 1.807) is 12.1 Å². The first kappa shape index (κ1) is 15.8. The number of rotatable bonds is 5. The summed E-state index contributed by atoms with van der Waals surface area (Å²) in [6, 6.07) is 6.09. The molecule has 0 heterocycles. The zero-order chi connectivity index (χ0) is 15.3. The minimum absolute atomic E-state index is 0.126. The van der Waals surface area contributed by atoms with E-state index in [4.69, 9.17) is 9.47 Å². The molecule has 1 aliphatic rings. The number of hydrogen-bond donors (Lipinski definition) is 1. The summed E-state index contributed by atoms with van der Waals surface area (Å²) in [4.78, 5) is 12.1. The summed E-state index contributed by atoms with van der Waals surface area (Å²) in [5.74, 6) is -0.0803. The predicted molar refractivity (Wildman–Crippen MR) is 77.7 cm³/mol. The van der Waals surface area contributed by atoms with Gasteiger partial charge in [-0.3, -0.25) is 4.79 Å². The molecule has 116 valence electrons. The molecule has 1 saturated carbocycles. The van der Waals surface area contributed by atoms with E-state index in [-0.39, 0.29) is 17.9 Å². The van der Waals surface area contributed by atoms with E-state index in [2.05, 4.69) is 5.32 Å². The quantitative estimate of drug-likeness (QED) is 0.848. The molecule has 5 heteroatoms. The molecule has 2 rings (SSSR count). The number of likely N-dealkylation sites (N-methyl/N-ethyl adjacent to an activating group) is 1. The van der Waals surface area contributed by atoms with Gasteiger partial charge in [-0.1, -0.05) is 13.0 Å². The Labute approximate surface area is 124 Å². The van der Waals surface area contributed by atoms with Gasteiger partial charge in [-0.2, -0.15) is 0 Å². The molecule has 0 aliphatic heterocycles. The fourth-order valence-corrected chi connectivity index (χ4v) is 3.01. The van der Waals surface area contributed by atoms with Gasteiger partial charge < -0.3 is 14.8 Å². The SMILES string of the molecule is CCNC1(C(=O)OC)CCCC(Oc2cccc(F)c2)C1. The summed E-state index contributed by atoms with van der Waals surface area (Å²) in [7, 11) is 1.40. The fraction of sp³-hybridized carbons (Fsp3) is 0.562. The Bertz CT molecular complexity index is 490. The van der Waals surface area contributed by atoms with Crippen LogP contribution >= 0.6 is 0 Å². The molecular formula is C16H22FNO3. The molecule has 1 aromatic carbocycles. The number of carbonyl (C=O) groups is 1. The van der Waals surface area contributed by atoms with Gasteiger partial charge in [-0.25, -0.2) is 4.39 Å². The smallest absolute Gasteiger partial charge is 0.326 e. The van der Waals surface area contributed by atoms with Gasteiger partial charge in [-0.15, -0.1) is 0 Å². The normalized spacial score (nSPS) is 25.4. The maximum atomic E-state index is 13.2. The number of benzene rings is 1. The zero-order valence-corrected chi connectivity index (χ0v) is 12.5. The van der Waals surface area contributed by atoms with Crippen molar-refractivity contribution in [3.05, 3.63) is 30.1 Å². The van der Waals surface area contributed by atoms with Crippen LogP contribution in [0.1, 0.15) is 32.6 Å². The number of hydrogen-bond acceptors (Lipinski definition) is 4. The number of halogens is 1. The Morgan fingerprint density at radius 2 is 2.33 bits per heavy atom. The molecule has 4 nitrogen and oxygen atoms in total. The van der Waals surface area contributed by atoms with E-state index < -0.39 is 5.54 Å². The second-order valence-electron chi connectivity index (χ2n) is 5.40. The second kappa shape index (κ2) is 6.89. The standard InChI is InChI=1S/C16H22FNO3/c1-3-18-16(15(19)20-2)9-5-8-14(11-16)21-13-7-4-6-12(17)10-13/h4,6-7,10,14,18H,3,5,8-9,11H2,1-2H3. The van der Waals surface area contributed by atoms with Crippen molar-refractivity contribution < 1.29 is 18.7 Å². The van der Waals surface area contributed by atoms with Crippen LogP contribution in [0.3, 0.4) is 0 Å². The molecule has 0 amide bonds. The highest BCUT2D eigenvalue weighted by atomic mass is 19.1. The monoisotopic (exact) mass is 295 g/mol. The van der Waals surface area contributed by atoms with Crippen molar-refractivity contribution in [2.75, 3.05) is 13.7 Å². The minimum Gasteiger partial charge on any atom is -0.490 e. The zero-order valence-electron chi connectivity index (χ0n) is 12.5. The largest absolute Gasteiger partial charge is 0.490 e. The molecule has 1 aromatic rings. The van der Waals surface area contributed by atoms with E-state index in [1.807, 2.05) is 6.92 Å². The van der Waals surface area contributed by atoms with Crippen LogP contribution in [-0.4, -0.2) is 31.3 Å². The first-order valence-electron chi connectivity index (χ1n) is 7.35. The van der Waals surface area contributed by atoms with Crippen molar-refractivity contribution in [1.29, 1.82) is 0 Å². The van der Waals surface area contributed by atoms with Crippen molar-refractivity contribution in [2.24, 2.45) is 0 Å². The highest BCUT2D eigenvalue weighted by Gasteiger charge is 2.44. The molecule has 1 N–H and O–H groups in total. The topological polar surface area (TPSA) is 47.6 Å². The van der Waals surface area contributed by atoms with E-state index in [0.29, 0.717) is 18.7 Å². The van der Waals surface area contributed by atoms with Crippen molar-refractivity contribution in [1.82, 2.24) is 5.32 Å². The van der Waals surface area contributed by atoms with Crippen LogP contribution in [-0.2, 0) is 9.53 Å². The molecule has 0 saturated heterocycles. The fourth-order valence-electron chi connectivity index (χ4n) is 3.01. The second-order valence-corrected chi connectivity index (χ2v) is 5.40. The molecule has 1 fully saturated rings. The van der Waals surface area contributed by atoms with Crippen molar-refractivity contribution >= 4 is 5.97 Å². The molecular weight excluding hydrogens is 273 g/mol. The summed E-state index contributed by atoms with van der Waals surface area (Å²) in [5.41, 5.74) is -0.695. The lowest BCUT2D eigenvalue weighted by Gasteiger charge is -2.39.